The second-order valence-electron chi connectivity index (χ2n) is 4.50. The molecule has 1 nitrogen and oxygen atoms in total. The van der Waals surface area contributed by atoms with Gasteiger partial charge < -0.3 is 4.90 Å². The number of aryl methyl sites for hydroxylation is 1. The van der Waals surface area contributed by atoms with Crippen molar-refractivity contribution >= 4 is 11.6 Å². The Hall–Kier alpha value is -0.790. The summed E-state index contributed by atoms with van der Waals surface area (Å²) >= 11 is 5.96. The van der Waals surface area contributed by atoms with E-state index in [4.69, 9.17) is 11.6 Å². The number of likely N-dealkylation sites (N-methyl/N-ethyl adjacent to an activating group) is 1. The maximum atomic E-state index is 5.96. The Kier molecular flexibility index (Phi) is 4.03. The second-order valence-corrected chi connectivity index (χ2v) is 4.94. The van der Waals surface area contributed by atoms with Gasteiger partial charge in [-0.05, 0) is 44.0 Å². The first-order chi connectivity index (χ1) is 7.74. The fourth-order valence-electron chi connectivity index (χ4n) is 2.04. The van der Waals surface area contributed by atoms with E-state index in [0.717, 1.165) is 18.0 Å². The number of halogens is 1. The van der Waals surface area contributed by atoms with Gasteiger partial charge in [-0.25, -0.2) is 0 Å². The van der Waals surface area contributed by atoms with Crippen LogP contribution in [0.4, 0.5) is 0 Å². The minimum Gasteiger partial charge on any atom is -0.302 e. The van der Waals surface area contributed by atoms with Gasteiger partial charge in [0, 0.05) is 18.1 Å². The number of hydrogen-bond acceptors (Lipinski definition) is 1. The van der Waals surface area contributed by atoms with Gasteiger partial charge in [0.2, 0.25) is 0 Å². The summed E-state index contributed by atoms with van der Waals surface area (Å²) < 4.78 is 0. The van der Waals surface area contributed by atoms with Crippen LogP contribution in [-0.4, -0.2) is 25.0 Å². The van der Waals surface area contributed by atoms with Crippen molar-refractivity contribution in [3.63, 3.8) is 0 Å². The fourth-order valence-corrected chi connectivity index (χ4v) is 2.25. The molecular weight excluding hydrogens is 218 g/mol. The van der Waals surface area contributed by atoms with Crippen molar-refractivity contribution in [2.75, 3.05) is 20.1 Å². The van der Waals surface area contributed by atoms with Crippen molar-refractivity contribution in [3.8, 4) is 0 Å². The van der Waals surface area contributed by atoms with E-state index in [-0.39, 0.29) is 0 Å². The average Bonchev–Trinajstić information content (AvgIpc) is 2.28. The Labute approximate surface area is 103 Å². The molecule has 0 spiro atoms. The summed E-state index contributed by atoms with van der Waals surface area (Å²) in [4.78, 5) is 2.35. The number of nitrogens with zero attached hydrogens (tertiary/aromatic N) is 1. The molecule has 0 atom stereocenters. The van der Waals surface area contributed by atoms with Crippen LogP contribution in [0, 0.1) is 0 Å². The molecule has 0 unspecified atom stereocenters. The van der Waals surface area contributed by atoms with Crippen molar-refractivity contribution in [2.24, 2.45) is 0 Å². The minimum atomic E-state index is 0.842. The van der Waals surface area contributed by atoms with Gasteiger partial charge in [-0.15, -0.1) is 0 Å². The van der Waals surface area contributed by atoms with Gasteiger partial charge in [0.25, 0.3) is 0 Å². The van der Waals surface area contributed by atoms with E-state index in [1.165, 1.54) is 24.9 Å². The van der Waals surface area contributed by atoms with Crippen LogP contribution in [0.15, 0.2) is 35.9 Å². The van der Waals surface area contributed by atoms with Crippen LogP contribution in [0.2, 0.25) is 5.02 Å². The van der Waals surface area contributed by atoms with Crippen LogP contribution in [0.1, 0.15) is 18.4 Å². The van der Waals surface area contributed by atoms with E-state index in [1.54, 1.807) is 5.57 Å². The molecule has 1 heterocycles. The van der Waals surface area contributed by atoms with Gasteiger partial charge in [0.15, 0.2) is 0 Å². The van der Waals surface area contributed by atoms with E-state index >= 15 is 0 Å². The van der Waals surface area contributed by atoms with Crippen LogP contribution in [0.3, 0.4) is 0 Å². The summed E-state index contributed by atoms with van der Waals surface area (Å²) in [6.07, 6.45) is 5.87. The molecule has 0 radical (unpaired) electrons. The van der Waals surface area contributed by atoms with Crippen LogP contribution >= 0.6 is 11.6 Å². The van der Waals surface area contributed by atoms with Crippen LogP contribution in [-0.2, 0) is 6.42 Å². The third kappa shape index (κ3) is 3.36. The molecule has 16 heavy (non-hydrogen) atoms. The van der Waals surface area contributed by atoms with E-state index in [1.807, 2.05) is 12.1 Å². The molecule has 0 fully saturated rings. The van der Waals surface area contributed by atoms with Crippen LogP contribution in [0.5, 0.6) is 0 Å². The zero-order valence-electron chi connectivity index (χ0n) is 9.75. The Morgan fingerprint density at radius 2 is 2.19 bits per heavy atom. The highest BCUT2D eigenvalue weighted by Gasteiger charge is 2.07. The van der Waals surface area contributed by atoms with Crippen molar-refractivity contribution in [3.05, 3.63) is 46.5 Å². The molecule has 0 amide bonds. The molecule has 1 aliphatic heterocycles. The van der Waals surface area contributed by atoms with E-state index in [2.05, 4.69) is 30.2 Å². The van der Waals surface area contributed by atoms with Gasteiger partial charge >= 0.3 is 0 Å². The topological polar surface area (TPSA) is 3.24 Å². The van der Waals surface area contributed by atoms with Gasteiger partial charge in [-0.2, -0.15) is 0 Å². The molecule has 2 heteroatoms. The van der Waals surface area contributed by atoms with Crippen molar-refractivity contribution < 1.29 is 0 Å². The second kappa shape index (κ2) is 5.51. The molecule has 1 aliphatic rings. The van der Waals surface area contributed by atoms with Gasteiger partial charge in [0.1, 0.15) is 0 Å². The smallest absolute Gasteiger partial charge is 0.0408 e. The molecule has 0 N–H and O–H groups in total. The monoisotopic (exact) mass is 235 g/mol. The standard InChI is InChI=1S/C14H18ClN/c1-16-9-7-12(8-10-16)5-6-13-3-2-4-14(15)11-13/h2-4,7,11H,5-6,8-10H2,1H3. The lowest BCUT2D eigenvalue weighted by Gasteiger charge is -2.21. The molecule has 0 saturated heterocycles. The molecule has 86 valence electrons. The first-order valence-electron chi connectivity index (χ1n) is 5.85. The highest BCUT2D eigenvalue weighted by Crippen LogP contribution is 2.18. The summed E-state index contributed by atoms with van der Waals surface area (Å²) in [5.41, 5.74) is 2.94. The molecule has 0 aliphatic carbocycles. The number of rotatable bonds is 3. The summed E-state index contributed by atoms with van der Waals surface area (Å²) in [7, 11) is 2.17. The van der Waals surface area contributed by atoms with Crippen molar-refractivity contribution in [1.29, 1.82) is 0 Å². The summed E-state index contributed by atoms with van der Waals surface area (Å²) in [6, 6.07) is 8.18. The summed E-state index contributed by atoms with van der Waals surface area (Å²) in [5.74, 6) is 0. The summed E-state index contributed by atoms with van der Waals surface area (Å²) in [6.45, 7) is 2.30. The van der Waals surface area contributed by atoms with Crippen molar-refractivity contribution in [1.82, 2.24) is 4.90 Å². The number of hydrogen-bond donors (Lipinski definition) is 0. The zero-order valence-corrected chi connectivity index (χ0v) is 10.5. The lowest BCUT2D eigenvalue weighted by molar-refractivity contribution is 0.356. The SMILES string of the molecule is CN1CC=C(CCc2cccc(Cl)c2)CC1. The maximum Gasteiger partial charge on any atom is 0.0408 e. The minimum absolute atomic E-state index is 0.842. The normalized spacial score (nSPS) is 17.2. The quantitative estimate of drug-likeness (QED) is 0.725. The average molecular weight is 236 g/mol. The molecule has 2 rings (SSSR count). The van der Waals surface area contributed by atoms with Crippen molar-refractivity contribution in [2.45, 2.75) is 19.3 Å². The third-order valence-electron chi connectivity index (χ3n) is 3.13. The lowest BCUT2D eigenvalue weighted by atomic mass is 10.00. The molecular formula is C14H18ClN. The first-order valence-corrected chi connectivity index (χ1v) is 6.23. The van der Waals surface area contributed by atoms with Gasteiger partial charge in [-0.3, -0.25) is 0 Å². The Bertz CT molecular complexity index is 384. The van der Waals surface area contributed by atoms with E-state index in [9.17, 15) is 0 Å². The van der Waals surface area contributed by atoms with Gasteiger partial charge in [0.05, 0.1) is 0 Å². The summed E-state index contributed by atoms with van der Waals surface area (Å²) in [5, 5.41) is 0.842. The predicted molar refractivity (Wildman–Crippen MR) is 70.0 cm³/mol. The Balaban J connectivity index is 1.88. The molecule has 0 aromatic heterocycles. The number of benzene rings is 1. The van der Waals surface area contributed by atoms with E-state index in [0.29, 0.717) is 0 Å². The highest BCUT2D eigenvalue weighted by molar-refractivity contribution is 6.30. The van der Waals surface area contributed by atoms with Crippen LogP contribution in [0.25, 0.3) is 0 Å². The third-order valence-corrected chi connectivity index (χ3v) is 3.37. The molecule has 0 bridgehead atoms. The Morgan fingerprint density at radius 1 is 1.31 bits per heavy atom. The molecule has 1 aromatic rings. The first kappa shape index (κ1) is 11.7. The molecule has 0 saturated carbocycles. The largest absolute Gasteiger partial charge is 0.302 e. The maximum absolute atomic E-state index is 5.96. The lowest BCUT2D eigenvalue weighted by Crippen LogP contribution is -2.24. The molecule has 1 aromatic carbocycles. The van der Waals surface area contributed by atoms with Gasteiger partial charge in [-0.1, -0.05) is 35.4 Å². The predicted octanol–water partition coefficient (Wildman–Crippen LogP) is 3.53. The highest BCUT2D eigenvalue weighted by atomic mass is 35.5. The van der Waals surface area contributed by atoms with Crippen LogP contribution < -0.4 is 0 Å². The Morgan fingerprint density at radius 3 is 2.88 bits per heavy atom. The fraction of sp³-hybridized carbons (Fsp3) is 0.429. The van der Waals surface area contributed by atoms with E-state index < -0.39 is 0 Å². The zero-order chi connectivity index (χ0) is 11.4.